The van der Waals surface area contributed by atoms with Crippen molar-refractivity contribution in [2.45, 2.75) is 25.0 Å². The highest BCUT2D eigenvalue weighted by Gasteiger charge is 2.15. The van der Waals surface area contributed by atoms with Crippen LogP contribution in [0, 0.1) is 0 Å². The first-order chi connectivity index (χ1) is 8.42. The maximum atomic E-state index is 11.5. The van der Waals surface area contributed by atoms with E-state index in [0.29, 0.717) is 0 Å². The van der Waals surface area contributed by atoms with Crippen molar-refractivity contribution in [1.29, 1.82) is 0 Å². The molecule has 1 aromatic rings. The first kappa shape index (κ1) is 14.2. The molecule has 0 fully saturated rings. The van der Waals surface area contributed by atoms with Crippen LogP contribution in [0.15, 0.2) is 41.8 Å². The van der Waals surface area contributed by atoms with Crippen molar-refractivity contribution in [3.05, 3.63) is 36.7 Å². The fourth-order valence-corrected chi connectivity index (χ4v) is 1.71. The van der Waals surface area contributed by atoms with E-state index in [-0.39, 0.29) is 11.1 Å². The summed E-state index contributed by atoms with van der Waals surface area (Å²) in [5, 5.41) is -0.230. The number of nitrogens with zero attached hydrogens (tertiary/aromatic N) is 1. The minimum Gasteiger partial charge on any atom is -0.460 e. The van der Waals surface area contributed by atoms with E-state index >= 15 is 0 Å². The van der Waals surface area contributed by atoms with E-state index in [1.54, 1.807) is 19.9 Å². The summed E-state index contributed by atoms with van der Waals surface area (Å²) >= 11 is 0. The largest absolute Gasteiger partial charge is 0.460 e. The van der Waals surface area contributed by atoms with Gasteiger partial charge in [0.25, 0.3) is 0 Å². The molecule has 7 heteroatoms. The van der Waals surface area contributed by atoms with Crippen LogP contribution in [-0.2, 0) is 23.8 Å². The molecule has 0 aromatic carbocycles. The van der Waals surface area contributed by atoms with Gasteiger partial charge in [-0.05, 0) is 26.0 Å². The third kappa shape index (κ3) is 4.54. The summed E-state index contributed by atoms with van der Waals surface area (Å²) < 4.78 is 32.3. The Morgan fingerprint density at radius 1 is 1.39 bits per heavy atom. The number of aromatic nitrogens is 1. The molecule has 0 atom stereocenters. The van der Waals surface area contributed by atoms with Crippen LogP contribution < -0.4 is 0 Å². The number of carbonyl (C=O) groups excluding carboxylic acids is 1. The molecular formula is C11H13NO5S. The molecule has 18 heavy (non-hydrogen) atoms. The van der Waals surface area contributed by atoms with E-state index < -0.39 is 16.1 Å². The summed E-state index contributed by atoms with van der Waals surface area (Å²) in [5.74, 6) is -0.679. The molecule has 0 spiro atoms. The number of rotatable bonds is 5. The number of pyridine rings is 1. The summed E-state index contributed by atoms with van der Waals surface area (Å²) in [5.41, 5.74) is 0. The van der Waals surface area contributed by atoms with Crippen LogP contribution in [0.25, 0.3) is 0 Å². The highest BCUT2D eigenvalue weighted by atomic mass is 32.2. The molecular weight excluding hydrogens is 258 g/mol. The fourth-order valence-electron chi connectivity index (χ4n) is 0.972. The van der Waals surface area contributed by atoms with E-state index in [9.17, 15) is 13.2 Å². The Morgan fingerprint density at radius 3 is 2.67 bits per heavy atom. The molecule has 0 bridgehead atoms. The molecule has 1 aromatic heterocycles. The normalized spacial score (nSPS) is 11.7. The van der Waals surface area contributed by atoms with Gasteiger partial charge < -0.3 is 8.92 Å². The Kier molecular flexibility index (Phi) is 4.85. The summed E-state index contributed by atoms with van der Waals surface area (Å²) in [4.78, 5) is 14.7. The van der Waals surface area contributed by atoms with Crippen LogP contribution in [0.4, 0.5) is 0 Å². The van der Waals surface area contributed by atoms with Gasteiger partial charge in [-0.1, -0.05) is 6.07 Å². The Bertz CT molecular complexity index is 522. The number of hydrogen-bond acceptors (Lipinski definition) is 6. The summed E-state index contributed by atoms with van der Waals surface area (Å²) in [6.07, 6.45) is 2.69. The van der Waals surface area contributed by atoms with Crippen molar-refractivity contribution < 1.29 is 22.1 Å². The molecule has 0 saturated heterocycles. The Balaban J connectivity index is 2.63. The number of hydrogen-bond donors (Lipinski definition) is 0. The molecule has 0 unspecified atom stereocenters. The van der Waals surface area contributed by atoms with E-state index in [1.807, 2.05) is 0 Å². The van der Waals surface area contributed by atoms with Gasteiger partial charge in [-0.2, -0.15) is 8.42 Å². The first-order valence-electron chi connectivity index (χ1n) is 5.13. The third-order valence-corrected chi connectivity index (χ3v) is 2.75. The van der Waals surface area contributed by atoms with Crippen LogP contribution in [0.5, 0.6) is 0 Å². The van der Waals surface area contributed by atoms with Gasteiger partial charge in [0.05, 0.1) is 12.2 Å². The lowest BCUT2D eigenvalue weighted by molar-refractivity contribution is -0.141. The third-order valence-electron chi connectivity index (χ3n) is 1.63. The van der Waals surface area contributed by atoms with Crippen molar-refractivity contribution in [2.24, 2.45) is 0 Å². The second-order valence-corrected chi connectivity index (χ2v) is 5.03. The Labute approximate surface area is 105 Å². The van der Waals surface area contributed by atoms with Gasteiger partial charge in [-0.25, -0.2) is 9.78 Å². The zero-order valence-corrected chi connectivity index (χ0v) is 10.8. The SMILES string of the molecule is CC(C)OC(=O)C=COS(=O)(=O)c1ccccn1. The second kappa shape index (κ2) is 6.15. The summed E-state index contributed by atoms with van der Waals surface area (Å²) in [6.45, 7) is 3.36. The van der Waals surface area contributed by atoms with Crippen molar-refractivity contribution in [1.82, 2.24) is 4.98 Å². The maximum Gasteiger partial charge on any atom is 0.356 e. The molecule has 0 aliphatic carbocycles. The smallest absolute Gasteiger partial charge is 0.356 e. The second-order valence-electron chi connectivity index (χ2n) is 3.51. The molecule has 0 saturated carbocycles. The average molecular weight is 271 g/mol. The quantitative estimate of drug-likeness (QED) is 0.347. The standard InChI is InChI=1S/C11H13NO5S/c1-9(2)17-11(13)6-8-16-18(14,15)10-5-3-4-7-12-10/h3-9H,1-2H3. The molecule has 0 amide bonds. The van der Waals surface area contributed by atoms with Crippen LogP contribution in [0.3, 0.4) is 0 Å². The Hall–Kier alpha value is -1.89. The minimum atomic E-state index is -3.99. The minimum absolute atomic E-state index is 0.230. The molecule has 0 radical (unpaired) electrons. The molecule has 0 aliphatic heterocycles. The Morgan fingerprint density at radius 2 is 2.11 bits per heavy atom. The number of ether oxygens (including phenoxy) is 1. The predicted molar refractivity (Wildman–Crippen MR) is 62.9 cm³/mol. The molecule has 98 valence electrons. The summed E-state index contributed by atoms with van der Waals surface area (Å²) in [7, 11) is -3.99. The van der Waals surface area contributed by atoms with E-state index in [1.165, 1.54) is 18.3 Å². The van der Waals surface area contributed by atoms with E-state index in [0.717, 1.165) is 12.3 Å². The average Bonchev–Trinajstić information content (AvgIpc) is 2.29. The molecule has 0 aliphatic rings. The van der Waals surface area contributed by atoms with Gasteiger partial charge >= 0.3 is 16.1 Å². The van der Waals surface area contributed by atoms with Crippen LogP contribution >= 0.6 is 0 Å². The molecule has 1 rings (SSSR count). The van der Waals surface area contributed by atoms with Crippen LogP contribution in [0.1, 0.15) is 13.8 Å². The van der Waals surface area contributed by atoms with Gasteiger partial charge in [-0.3, -0.25) is 0 Å². The molecule has 6 nitrogen and oxygen atoms in total. The first-order valence-corrected chi connectivity index (χ1v) is 6.54. The van der Waals surface area contributed by atoms with Gasteiger partial charge in [0.15, 0.2) is 5.03 Å². The lowest BCUT2D eigenvalue weighted by atomic mass is 10.5. The topological polar surface area (TPSA) is 82.6 Å². The number of esters is 1. The van der Waals surface area contributed by atoms with E-state index in [4.69, 9.17) is 4.74 Å². The van der Waals surface area contributed by atoms with Gasteiger partial charge in [-0.15, -0.1) is 0 Å². The van der Waals surface area contributed by atoms with Gasteiger partial charge in [0.1, 0.15) is 6.26 Å². The lowest BCUT2D eigenvalue weighted by Crippen LogP contribution is -2.09. The lowest BCUT2D eigenvalue weighted by Gasteiger charge is -2.04. The van der Waals surface area contributed by atoms with Gasteiger partial charge in [0, 0.05) is 6.20 Å². The van der Waals surface area contributed by atoms with Crippen molar-refractivity contribution in [3.63, 3.8) is 0 Å². The number of carbonyl (C=O) groups is 1. The molecule has 0 N–H and O–H groups in total. The maximum absolute atomic E-state index is 11.5. The van der Waals surface area contributed by atoms with E-state index in [2.05, 4.69) is 9.17 Å². The van der Waals surface area contributed by atoms with Crippen molar-refractivity contribution in [2.75, 3.05) is 0 Å². The van der Waals surface area contributed by atoms with Crippen molar-refractivity contribution >= 4 is 16.1 Å². The monoisotopic (exact) mass is 271 g/mol. The van der Waals surface area contributed by atoms with Gasteiger partial charge in [0.2, 0.25) is 0 Å². The summed E-state index contributed by atoms with van der Waals surface area (Å²) in [6, 6.07) is 4.38. The highest BCUT2D eigenvalue weighted by molar-refractivity contribution is 7.86. The van der Waals surface area contributed by atoms with Crippen molar-refractivity contribution in [3.8, 4) is 0 Å². The highest BCUT2D eigenvalue weighted by Crippen LogP contribution is 2.08. The van der Waals surface area contributed by atoms with Crippen LogP contribution in [0.2, 0.25) is 0 Å². The zero-order chi connectivity index (χ0) is 13.6. The van der Waals surface area contributed by atoms with Crippen LogP contribution in [-0.4, -0.2) is 25.5 Å². The zero-order valence-electron chi connectivity index (χ0n) is 9.94. The molecule has 1 heterocycles. The fraction of sp³-hybridized carbons (Fsp3) is 0.273. The predicted octanol–water partition coefficient (Wildman–Crippen LogP) is 1.25.